The number of hydrogen-bond acceptors (Lipinski definition) is 2. The summed E-state index contributed by atoms with van der Waals surface area (Å²) in [4.78, 5) is 0. The Labute approximate surface area is 112 Å². The lowest BCUT2D eigenvalue weighted by Crippen LogP contribution is -2.27. The number of para-hydroxylation sites is 1. The van der Waals surface area contributed by atoms with Crippen LogP contribution in [0.1, 0.15) is 17.5 Å². The Morgan fingerprint density at radius 3 is 2.68 bits per heavy atom. The van der Waals surface area contributed by atoms with Gasteiger partial charge in [0.25, 0.3) is 0 Å². The van der Waals surface area contributed by atoms with Crippen LogP contribution in [0.15, 0.2) is 42.5 Å². The molecule has 1 aliphatic rings. The summed E-state index contributed by atoms with van der Waals surface area (Å²) in [6, 6.07) is 13.7. The maximum atomic E-state index is 13.4. The monoisotopic (exact) mass is 256 g/mol. The van der Waals surface area contributed by atoms with Gasteiger partial charge >= 0.3 is 0 Å². The Kier molecular flexibility index (Phi) is 3.11. The molecule has 0 spiro atoms. The van der Waals surface area contributed by atoms with Gasteiger partial charge in [-0.25, -0.2) is 4.39 Å². The fourth-order valence-electron chi connectivity index (χ4n) is 2.70. The fourth-order valence-corrected chi connectivity index (χ4v) is 2.70. The molecule has 3 N–H and O–H groups in total. The number of hydrogen-bond donors (Lipinski definition) is 2. The highest BCUT2D eigenvalue weighted by atomic mass is 19.1. The molecule has 2 aromatic carbocycles. The van der Waals surface area contributed by atoms with Crippen molar-refractivity contribution in [1.29, 1.82) is 0 Å². The Morgan fingerprint density at radius 1 is 1.05 bits per heavy atom. The number of nitrogens with two attached hydrogens (primary N) is 1. The summed E-state index contributed by atoms with van der Waals surface area (Å²) >= 11 is 0. The first-order valence-electron chi connectivity index (χ1n) is 6.61. The van der Waals surface area contributed by atoms with Gasteiger partial charge in [0.2, 0.25) is 0 Å². The second-order valence-electron chi connectivity index (χ2n) is 5.05. The zero-order chi connectivity index (χ0) is 13.2. The van der Waals surface area contributed by atoms with Crippen molar-refractivity contribution in [3.8, 4) is 0 Å². The number of halogens is 1. The first kappa shape index (κ1) is 12.0. The van der Waals surface area contributed by atoms with Gasteiger partial charge in [-0.1, -0.05) is 30.3 Å². The van der Waals surface area contributed by atoms with Gasteiger partial charge in [0.1, 0.15) is 5.82 Å². The van der Waals surface area contributed by atoms with Crippen LogP contribution in [0.2, 0.25) is 0 Å². The molecule has 19 heavy (non-hydrogen) atoms. The summed E-state index contributed by atoms with van der Waals surface area (Å²) in [6.07, 6.45) is 3.07. The van der Waals surface area contributed by atoms with Crippen LogP contribution in [0.4, 0.5) is 15.8 Å². The van der Waals surface area contributed by atoms with Gasteiger partial charge < -0.3 is 11.1 Å². The Bertz CT molecular complexity index is 595. The molecule has 0 heterocycles. The Hall–Kier alpha value is -2.03. The average molecular weight is 256 g/mol. The minimum Gasteiger partial charge on any atom is -0.395 e. The molecule has 0 saturated carbocycles. The highest BCUT2D eigenvalue weighted by Gasteiger charge is 2.18. The first-order valence-corrected chi connectivity index (χ1v) is 6.61. The molecular formula is C16H17FN2. The lowest BCUT2D eigenvalue weighted by atomic mass is 9.88. The van der Waals surface area contributed by atoms with Crippen LogP contribution in [0, 0.1) is 5.82 Å². The van der Waals surface area contributed by atoms with E-state index in [2.05, 4.69) is 29.6 Å². The van der Waals surface area contributed by atoms with Crippen molar-refractivity contribution in [3.05, 3.63) is 59.4 Å². The Morgan fingerprint density at radius 2 is 1.84 bits per heavy atom. The van der Waals surface area contributed by atoms with Crippen molar-refractivity contribution in [2.24, 2.45) is 0 Å². The van der Waals surface area contributed by atoms with E-state index in [1.807, 2.05) is 6.07 Å². The maximum absolute atomic E-state index is 13.4. The number of aryl methyl sites for hydroxylation is 1. The lowest BCUT2D eigenvalue weighted by molar-refractivity contribution is 0.608. The molecule has 98 valence electrons. The van der Waals surface area contributed by atoms with Crippen LogP contribution >= 0.6 is 0 Å². The minimum absolute atomic E-state index is 0.210. The van der Waals surface area contributed by atoms with Crippen LogP contribution in [0.25, 0.3) is 0 Å². The van der Waals surface area contributed by atoms with E-state index in [1.54, 1.807) is 6.07 Å². The van der Waals surface area contributed by atoms with E-state index in [9.17, 15) is 4.39 Å². The third-order valence-electron chi connectivity index (χ3n) is 3.76. The summed E-state index contributed by atoms with van der Waals surface area (Å²) in [5, 5.41) is 3.37. The van der Waals surface area contributed by atoms with Crippen molar-refractivity contribution in [3.63, 3.8) is 0 Å². The number of benzene rings is 2. The molecule has 2 aromatic rings. The zero-order valence-corrected chi connectivity index (χ0v) is 10.7. The summed E-state index contributed by atoms with van der Waals surface area (Å²) in [5.41, 5.74) is 9.46. The van der Waals surface area contributed by atoms with E-state index < -0.39 is 0 Å². The van der Waals surface area contributed by atoms with Gasteiger partial charge in [-0.2, -0.15) is 0 Å². The van der Waals surface area contributed by atoms with Gasteiger partial charge in [-0.05, 0) is 42.5 Å². The predicted molar refractivity (Wildman–Crippen MR) is 76.7 cm³/mol. The lowest BCUT2D eigenvalue weighted by Gasteiger charge is -2.26. The van der Waals surface area contributed by atoms with Crippen LogP contribution in [0.5, 0.6) is 0 Å². The van der Waals surface area contributed by atoms with Crippen LogP contribution in [-0.2, 0) is 12.8 Å². The third-order valence-corrected chi connectivity index (χ3v) is 3.76. The van der Waals surface area contributed by atoms with Gasteiger partial charge in [-0.15, -0.1) is 0 Å². The highest BCUT2D eigenvalue weighted by molar-refractivity contribution is 5.67. The van der Waals surface area contributed by atoms with Crippen molar-refractivity contribution in [2.75, 3.05) is 11.1 Å². The molecule has 0 radical (unpaired) electrons. The quantitative estimate of drug-likeness (QED) is 0.808. The number of nitrogens with one attached hydrogen (secondary N) is 1. The first-order chi connectivity index (χ1) is 9.24. The third kappa shape index (κ3) is 2.41. The zero-order valence-electron chi connectivity index (χ0n) is 10.7. The topological polar surface area (TPSA) is 38.0 Å². The second kappa shape index (κ2) is 4.92. The molecule has 3 heteroatoms. The number of nitrogen functional groups attached to an aromatic ring is 1. The minimum atomic E-state index is -0.360. The number of rotatable bonds is 2. The molecule has 0 saturated heterocycles. The summed E-state index contributed by atoms with van der Waals surface area (Å²) in [6.45, 7) is 0. The van der Waals surface area contributed by atoms with E-state index in [0.717, 1.165) is 19.3 Å². The largest absolute Gasteiger partial charge is 0.395 e. The average Bonchev–Trinajstić information content (AvgIpc) is 2.44. The Balaban J connectivity index is 1.77. The van der Waals surface area contributed by atoms with Crippen LogP contribution in [0.3, 0.4) is 0 Å². The molecular weight excluding hydrogens is 239 g/mol. The van der Waals surface area contributed by atoms with Gasteiger partial charge in [0, 0.05) is 6.04 Å². The van der Waals surface area contributed by atoms with E-state index >= 15 is 0 Å². The standard InChI is InChI=1S/C16H17FN2/c17-14-6-3-7-15(16(14)18)19-13-9-8-11-4-1-2-5-12(11)10-13/h1-7,13,19H,8-10,18H2. The molecule has 0 bridgehead atoms. The van der Waals surface area contributed by atoms with E-state index in [1.165, 1.54) is 17.2 Å². The summed E-state index contributed by atoms with van der Waals surface area (Å²) in [7, 11) is 0. The number of anilines is 2. The maximum Gasteiger partial charge on any atom is 0.148 e. The molecule has 1 aliphatic carbocycles. The molecule has 0 fully saturated rings. The SMILES string of the molecule is Nc1c(F)cccc1NC1CCc2ccccc2C1. The number of fused-ring (bicyclic) bond motifs is 1. The fraction of sp³-hybridized carbons (Fsp3) is 0.250. The van der Waals surface area contributed by atoms with Crippen molar-refractivity contribution in [1.82, 2.24) is 0 Å². The summed E-state index contributed by atoms with van der Waals surface area (Å²) in [5.74, 6) is -0.360. The highest BCUT2D eigenvalue weighted by Crippen LogP contribution is 2.27. The predicted octanol–water partition coefficient (Wildman–Crippen LogP) is 3.38. The van der Waals surface area contributed by atoms with Crippen molar-refractivity contribution in [2.45, 2.75) is 25.3 Å². The molecule has 0 amide bonds. The van der Waals surface area contributed by atoms with Gasteiger partial charge in [-0.3, -0.25) is 0 Å². The van der Waals surface area contributed by atoms with Gasteiger partial charge in [0.05, 0.1) is 11.4 Å². The van der Waals surface area contributed by atoms with E-state index in [4.69, 9.17) is 5.73 Å². The molecule has 2 nitrogen and oxygen atoms in total. The molecule has 0 aliphatic heterocycles. The molecule has 1 unspecified atom stereocenters. The van der Waals surface area contributed by atoms with E-state index in [-0.39, 0.29) is 11.5 Å². The van der Waals surface area contributed by atoms with Crippen LogP contribution in [-0.4, -0.2) is 6.04 Å². The van der Waals surface area contributed by atoms with Crippen molar-refractivity contribution < 1.29 is 4.39 Å². The van der Waals surface area contributed by atoms with E-state index in [0.29, 0.717) is 11.7 Å². The molecule has 3 rings (SSSR count). The van der Waals surface area contributed by atoms with Crippen molar-refractivity contribution >= 4 is 11.4 Å². The normalized spacial score (nSPS) is 17.8. The molecule has 0 aromatic heterocycles. The smallest absolute Gasteiger partial charge is 0.148 e. The van der Waals surface area contributed by atoms with Gasteiger partial charge in [0.15, 0.2) is 0 Å². The van der Waals surface area contributed by atoms with Crippen LogP contribution < -0.4 is 11.1 Å². The summed E-state index contributed by atoms with van der Waals surface area (Å²) < 4.78 is 13.4. The second-order valence-corrected chi connectivity index (χ2v) is 5.05. The molecule has 1 atom stereocenters.